The minimum Gasteiger partial charge on any atom is -0.455 e. The largest absolute Gasteiger partial charge is 0.455 e. The van der Waals surface area contributed by atoms with Gasteiger partial charge in [-0.1, -0.05) is 20.8 Å². The minimum absolute atomic E-state index is 0.124. The van der Waals surface area contributed by atoms with Gasteiger partial charge in [-0.25, -0.2) is 4.98 Å². The number of nitrogens with zero attached hydrogens (tertiary/aromatic N) is 3. The average Bonchev–Trinajstić information content (AvgIpc) is 3.00. The van der Waals surface area contributed by atoms with Crippen molar-refractivity contribution in [1.82, 2.24) is 9.88 Å². The number of rotatable bonds is 4. The second-order valence-electron chi connectivity index (χ2n) is 11.0. The number of alkyl halides is 3. The van der Waals surface area contributed by atoms with Crippen LogP contribution in [0, 0.1) is 16.7 Å². The number of anilines is 1. The molecule has 1 saturated carbocycles. The van der Waals surface area contributed by atoms with Gasteiger partial charge in [0.1, 0.15) is 5.82 Å². The van der Waals surface area contributed by atoms with Crippen molar-refractivity contribution < 1.29 is 27.5 Å². The van der Waals surface area contributed by atoms with Gasteiger partial charge in [-0.05, 0) is 55.1 Å². The summed E-state index contributed by atoms with van der Waals surface area (Å²) >= 11 is 0. The number of aromatic nitrogens is 1. The van der Waals surface area contributed by atoms with Crippen molar-refractivity contribution in [1.29, 1.82) is 0 Å². The average molecular weight is 468 g/mol. The van der Waals surface area contributed by atoms with Crippen molar-refractivity contribution in [3.05, 3.63) is 23.9 Å². The molecular weight excluding hydrogens is 435 g/mol. The monoisotopic (exact) mass is 467 g/mol. The molecule has 9 heteroatoms. The first kappa shape index (κ1) is 23.8. The van der Waals surface area contributed by atoms with Gasteiger partial charge in [0.25, 0.3) is 5.91 Å². The van der Waals surface area contributed by atoms with E-state index >= 15 is 0 Å². The Morgan fingerprint density at radius 1 is 1.15 bits per heavy atom. The van der Waals surface area contributed by atoms with Crippen LogP contribution < -0.4 is 4.90 Å². The molecule has 182 valence electrons. The van der Waals surface area contributed by atoms with E-state index in [0.29, 0.717) is 31.7 Å². The molecule has 3 aliphatic rings. The van der Waals surface area contributed by atoms with E-state index in [1.165, 1.54) is 6.07 Å². The van der Waals surface area contributed by atoms with Gasteiger partial charge >= 0.3 is 12.1 Å². The summed E-state index contributed by atoms with van der Waals surface area (Å²) in [5, 5.41) is 0. The molecule has 0 radical (unpaired) electrons. The second kappa shape index (κ2) is 8.47. The molecule has 2 aliphatic heterocycles. The molecule has 2 atom stereocenters. The van der Waals surface area contributed by atoms with Gasteiger partial charge < -0.3 is 14.5 Å². The first-order valence-electron chi connectivity index (χ1n) is 11.6. The number of hydrogen-bond acceptors (Lipinski definition) is 5. The molecule has 0 aromatic carbocycles. The number of fused-ring (bicyclic) bond motifs is 2. The number of esters is 1. The van der Waals surface area contributed by atoms with Gasteiger partial charge in [0.05, 0.1) is 11.5 Å². The zero-order valence-electron chi connectivity index (χ0n) is 19.5. The number of pyridine rings is 1. The number of ether oxygens (including phenoxy) is 1. The predicted octanol–water partition coefficient (Wildman–Crippen LogP) is 4.29. The third-order valence-corrected chi connectivity index (χ3v) is 7.30. The highest BCUT2D eigenvalue weighted by Gasteiger charge is 2.51. The quantitative estimate of drug-likeness (QED) is 0.619. The summed E-state index contributed by atoms with van der Waals surface area (Å²) in [6, 6.07) is 2.58. The fourth-order valence-electron chi connectivity index (χ4n) is 6.17. The van der Waals surface area contributed by atoms with Crippen LogP contribution in [0.25, 0.3) is 0 Å². The van der Waals surface area contributed by atoms with E-state index in [1.807, 2.05) is 9.80 Å². The molecule has 2 bridgehead atoms. The number of hydrogen-bond donors (Lipinski definition) is 0. The van der Waals surface area contributed by atoms with Crippen LogP contribution in [0.1, 0.15) is 58.4 Å². The van der Waals surface area contributed by atoms with E-state index in [0.717, 1.165) is 38.1 Å². The maximum atomic E-state index is 12.8. The molecule has 0 N–H and O–H groups in total. The summed E-state index contributed by atoms with van der Waals surface area (Å²) in [5.74, 6) is -0.363. The normalized spacial score (nSPS) is 27.5. The van der Waals surface area contributed by atoms with Crippen molar-refractivity contribution in [3.63, 3.8) is 0 Å². The van der Waals surface area contributed by atoms with E-state index < -0.39 is 11.7 Å². The number of piperidine rings is 1. The van der Waals surface area contributed by atoms with Crippen LogP contribution in [0.5, 0.6) is 0 Å². The second-order valence-corrected chi connectivity index (χ2v) is 11.0. The highest BCUT2D eigenvalue weighted by Crippen LogP contribution is 2.52. The molecule has 1 aromatic rings. The molecule has 3 heterocycles. The van der Waals surface area contributed by atoms with Crippen LogP contribution in [-0.2, 0) is 20.5 Å². The molecule has 2 saturated heterocycles. The SMILES string of the molecule is CC1(C)C[C@H]2C[C@@](C)(CN2C(=O)COC(=O)C2CCN(c3ccc(C(F)(F)F)cn3)CC2)C1. The molecule has 0 spiro atoms. The van der Waals surface area contributed by atoms with Crippen LogP contribution in [0.4, 0.5) is 19.0 Å². The molecule has 0 unspecified atom stereocenters. The summed E-state index contributed by atoms with van der Waals surface area (Å²) < 4.78 is 43.5. The Bertz CT molecular complexity index is 894. The Kier molecular flexibility index (Phi) is 6.12. The van der Waals surface area contributed by atoms with E-state index in [-0.39, 0.29) is 41.3 Å². The van der Waals surface area contributed by atoms with E-state index in [1.54, 1.807) is 0 Å². The first-order valence-corrected chi connectivity index (χ1v) is 11.6. The Balaban J connectivity index is 1.25. The molecule has 6 nitrogen and oxygen atoms in total. The van der Waals surface area contributed by atoms with Crippen molar-refractivity contribution in [2.24, 2.45) is 16.7 Å². The lowest BCUT2D eigenvalue weighted by Crippen LogP contribution is -2.41. The third kappa shape index (κ3) is 5.27. The number of amides is 1. The fourth-order valence-corrected chi connectivity index (χ4v) is 6.17. The van der Waals surface area contributed by atoms with Gasteiger partial charge in [0.2, 0.25) is 0 Å². The lowest BCUT2D eigenvalue weighted by atomic mass is 9.65. The number of halogens is 3. The van der Waals surface area contributed by atoms with Gasteiger partial charge in [-0.15, -0.1) is 0 Å². The lowest BCUT2D eigenvalue weighted by Gasteiger charge is -2.39. The predicted molar refractivity (Wildman–Crippen MR) is 116 cm³/mol. The van der Waals surface area contributed by atoms with Crippen LogP contribution in [0.15, 0.2) is 18.3 Å². The highest BCUT2D eigenvalue weighted by atomic mass is 19.4. The van der Waals surface area contributed by atoms with Crippen molar-refractivity contribution in [3.8, 4) is 0 Å². The van der Waals surface area contributed by atoms with Gasteiger partial charge in [0, 0.05) is 31.9 Å². The van der Waals surface area contributed by atoms with E-state index in [2.05, 4.69) is 25.8 Å². The standard InChI is InChI=1S/C24H32F3N3O3/c1-22(2)10-18-11-23(3,14-22)15-30(18)20(31)13-33-21(32)16-6-8-29(9-7-16)19-5-4-17(12-28-19)24(25,26)27/h4-5,12,16,18H,6-11,13-15H2,1-3H3/t18-,23+/m0/s1. The third-order valence-electron chi connectivity index (χ3n) is 7.30. The van der Waals surface area contributed by atoms with Crippen LogP contribution in [-0.4, -0.2) is 54.0 Å². The number of likely N-dealkylation sites (tertiary alicyclic amines) is 1. The van der Waals surface area contributed by atoms with E-state index in [9.17, 15) is 22.8 Å². The zero-order chi connectivity index (χ0) is 24.0. The molecular formula is C24H32F3N3O3. The topological polar surface area (TPSA) is 62.7 Å². The number of carbonyl (C=O) groups is 2. The molecule has 33 heavy (non-hydrogen) atoms. The summed E-state index contributed by atoms with van der Waals surface area (Å²) in [6.45, 7) is 8.21. The van der Waals surface area contributed by atoms with E-state index in [4.69, 9.17) is 4.74 Å². The highest BCUT2D eigenvalue weighted by molar-refractivity contribution is 5.82. The summed E-state index contributed by atoms with van der Waals surface area (Å²) in [7, 11) is 0. The molecule has 4 rings (SSSR count). The Morgan fingerprint density at radius 3 is 2.45 bits per heavy atom. The first-order chi connectivity index (χ1) is 15.4. The van der Waals surface area contributed by atoms with Crippen LogP contribution in [0.3, 0.4) is 0 Å². The van der Waals surface area contributed by atoms with Gasteiger partial charge in [0.15, 0.2) is 6.61 Å². The summed E-state index contributed by atoms with van der Waals surface area (Å²) in [6.07, 6.45) is 0.498. The Morgan fingerprint density at radius 2 is 1.85 bits per heavy atom. The maximum absolute atomic E-state index is 12.8. The summed E-state index contributed by atoms with van der Waals surface area (Å²) in [4.78, 5) is 33.1. The van der Waals surface area contributed by atoms with Gasteiger partial charge in [-0.2, -0.15) is 13.2 Å². The molecule has 1 amide bonds. The minimum atomic E-state index is -4.42. The maximum Gasteiger partial charge on any atom is 0.417 e. The summed E-state index contributed by atoms with van der Waals surface area (Å²) in [5.41, 5.74) is -0.446. The van der Waals surface area contributed by atoms with Crippen molar-refractivity contribution in [2.75, 3.05) is 31.1 Å². The zero-order valence-corrected chi connectivity index (χ0v) is 19.5. The van der Waals surface area contributed by atoms with Crippen molar-refractivity contribution >= 4 is 17.7 Å². The van der Waals surface area contributed by atoms with Crippen molar-refractivity contribution in [2.45, 2.75) is 65.1 Å². The Hall–Kier alpha value is -2.32. The van der Waals surface area contributed by atoms with Crippen LogP contribution >= 0.6 is 0 Å². The molecule has 1 aromatic heterocycles. The fraction of sp³-hybridized carbons (Fsp3) is 0.708. The lowest BCUT2D eigenvalue weighted by molar-refractivity contribution is -0.156. The molecule has 3 fully saturated rings. The van der Waals surface area contributed by atoms with Gasteiger partial charge in [-0.3, -0.25) is 9.59 Å². The smallest absolute Gasteiger partial charge is 0.417 e. The Labute approximate surface area is 192 Å². The number of carbonyl (C=O) groups excluding carboxylic acids is 2. The van der Waals surface area contributed by atoms with Crippen LogP contribution in [0.2, 0.25) is 0 Å². The molecule has 1 aliphatic carbocycles.